The number of non-ortho nitro benzene ring substituents is 1. The molecule has 1 unspecified atom stereocenters. The molecule has 9 heteroatoms. The Hall–Kier alpha value is -4.66. The van der Waals surface area contributed by atoms with Crippen LogP contribution >= 0.6 is 0 Å². The van der Waals surface area contributed by atoms with Crippen molar-refractivity contribution in [3.63, 3.8) is 0 Å². The summed E-state index contributed by atoms with van der Waals surface area (Å²) in [5.74, 6) is -0.965. The summed E-state index contributed by atoms with van der Waals surface area (Å²) >= 11 is 0. The average Bonchev–Trinajstić information content (AvgIpc) is 3.15. The highest BCUT2D eigenvalue weighted by atomic mass is 16.6. The van der Waals surface area contributed by atoms with Crippen molar-refractivity contribution in [2.45, 2.75) is 19.9 Å². The zero-order chi connectivity index (χ0) is 25.8. The number of Topliss-reactive ketones (excluding diaryl/α,β-unsaturated/α-hetero) is 1. The second kappa shape index (κ2) is 10.3. The number of rotatable bonds is 8. The molecule has 4 rings (SSSR count). The maximum absolute atomic E-state index is 13.3. The maximum Gasteiger partial charge on any atom is 0.300 e. The van der Waals surface area contributed by atoms with Crippen molar-refractivity contribution in [1.29, 1.82) is 0 Å². The van der Waals surface area contributed by atoms with Gasteiger partial charge in [-0.15, -0.1) is 0 Å². The van der Waals surface area contributed by atoms with Crippen molar-refractivity contribution in [3.05, 3.63) is 99.6 Å². The van der Waals surface area contributed by atoms with Crippen LogP contribution in [0.1, 0.15) is 31.0 Å². The summed E-state index contributed by atoms with van der Waals surface area (Å²) in [5.41, 5.74) is 0.882. The fraction of sp³-hybridized carbons (Fsp3) is 0.185. The fourth-order valence-corrected chi connectivity index (χ4v) is 4.11. The molecule has 0 aromatic heterocycles. The smallest absolute Gasteiger partial charge is 0.300 e. The van der Waals surface area contributed by atoms with Gasteiger partial charge in [0, 0.05) is 29.4 Å². The summed E-state index contributed by atoms with van der Waals surface area (Å²) < 4.78 is 11.1. The molecular formula is C27H24N2O7. The molecule has 0 radical (unpaired) electrons. The number of ketones is 1. The van der Waals surface area contributed by atoms with Crippen LogP contribution in [-0.2, 0) is 9.59 Å². The third-order valence-electron chi connectivity index (χ3n) is 5.71. The number of nitro groups is 1. The Bertz CT molecular complexity index is 1330. The van der Waals surface area contributed by atoms with E-state index in [0.717, 1.165) is 0 Å². The number of nitro benzene ring substituents is 1. The molecule has 3 aromatic rings. The number of benzene rings is 3. The second-order valence-corrected chi connectivity index (χ2v) is 7.91. The van der Waals surface area contributed by atoms with Crippen molar-refractivity contribution >= 4 is 28.8 Å². The number of hydrogen-bond donors (Lipinski definition) is 1. The molecular weight excluding hydrogens is 464 g/mol. The third kappa shape index (κ3) is 4.63. The predicted molar refractivity (Wildman–Crippen MR) is 133 cm³/mol. The van der Waals surface area contributed by atoms with Gasteiger partial charge in [0.05, 0.1) is 29.8 Å². The predicted octanol–water partition coefficient (Wildman–Crippen LogP) is 5.02. The molecule has 0 saturated carbocycles. The van der Waals surface area contributed by atoms with Crippen LogP contribution in [0.3, 0.4) is 0 Å². The van der Waals surface area contributed by atoms with Crippen molar-refractivity contribution in [3.8, 4) is 11.5 Å². The molecule has 1 fully saturated rings. The van der Waals surface area contributed by atoms with E-state index in [1.807, 2.05) is 13.8 Å². The molecule has 36 heavy (non-hydrogen) atoms. The summed E-state index contributed by atoms with van der Waals surface area (Å²) in [6.07, 6.45) is 0. The Morgan fingerprint density at radius 1 is 0.944 bits per heavy atom. The van der Waals surface area contributed by atoms with Crippen molar-refractivity contribution < 1.29 is 29.1 Å². The SMILES string of the molecule is CCOc1ccc(C2/C(=C(\O)c3ccc([N+](=O)[O-])cc3)C(=O)C(=O)N2c2cccc(OCC)c2)cc1. The number of nitrogens with zero attached hydrogens (tertiary/aromatic N) is 2. The molecule has 184 valence electrons. The molecule has 1 aliphatic heterocycles. The van der Waals surface area contributed by atoms with E-state index in [1.54, 1.807) is 48.5 Å². The second-order valence-electron chi connectivity index (χ2n) is 7.91. The first-order chi connectivity index (χ1) is 17.3. The molecule has 0 aliphatic carbocycles. The molecule has 0 bridgehead atoms. The molecule has 3 aromatic carbocycles. The Kier molecular flexibility index (Phi) is 7.00. The van der Waals surface area contributed by atoms with E-state index in [2.05, 4.69) is 0 Å². The van der Waals surface area contributed by atoms with Crippen molar-refractivity contribution in [2.24, 2.45) is 0 Å². The number of carbonyl (C=O) groups excluding carboxylic acids is 2. The minimum Gasteiger partial charge on any atom is -0.507 e. The normalized spacial score (nSPS) is 16.7. The molecule has 1 saturated heterocycles. The van der Waals surface area contributed by atoms with Gasteiger partial charge >= 0.3 is 0 Å². The Balaban J connectivity index is 1.88. The van der Waals surface area contributed by atoms with E-state index in [9.17, 15) is 24.8 Å². The quantitative estimate of drug-likeness (QED) is 0.155. The number of aliphatic hydroxyl groups is 1. The number of hydrogen-bond acceptors (Lipinski definition) is 7. The van der Waals surface area contributed by atoms with E-state index in [4.69, 9.17) is 9.47 Å². The van der Waals surface area contributed by atoms with Crippen molar-refractivity contribution in [1.82, 2.24) is 0 Å². The fourth-order valence-electron chi connectivity index (χ4n) is 4.11. The Morgan fingerprint density at radius 2 is 1.58 bits per heavy atom. The number of ether oxygens (including phenoxy) is 2. The van der Waals surface area contributed by atoms with Gasteiger partial charge in [0.15, 0.2) is 0 Å². The van der Waals surface area contributed by atoms with Crippen molar-refractivity contribution in [2.75, 3.05) is 18.1 Å². The van der Waals surface area contributed by atoms with Gasteiger partial charge in [0.2, 0.25) is 0 Å². The van der Waals surface area contributed by atoms with Gasteiger partial charge in [0.1, 0.15) is 17.3 Å². The number of aliphatic hydroxyl groups excluding tert-OH is 1. The maximum atomic E-state index is 13.3. The van der Waals surface area contributed by atoms with Gasteiger partial charge in [-0.2, -0.15) is 0 Å². The van der Waals surface area contributed by atoms with E-state index >= 15 is 0 Å². The van der Waals surface area contributed by atoms with E-state index in [0.29, 0.717) is 36.0 Å². The van der Waals surface area contributed by atoms with Crippen LogP contribution in [0.25, 0.3) is 5.76 Å². The van der Waals surface area contributed by atoms with Gasteiger partial charge < -0.3 is 14.6 Å². The standard InChI is InChI=1S/C27H24N2O7/c1-3-35-21-14-10-17(11-15-21)24-23(25(30)18-8-12-19(13-9-18)29(33)34)26(31)27(32)28(24)20-6-5-7-22(16-20)36-4-2/h5-16,24,30H,3-4H2,1-2H3/b25-23+. The lowest BCUT2D eigenvalue weighted by Crippen LogP contribution is -2.29. The van der Waals surface area contributed by atoms with Gasteiger partial charge in [-0.25, -0.2) is 0 Å². The molecule has 1 N–H and O–H groups in total. The first-order valence-electron chi connectivity index (χ1n) is 11.4. The van der Waals surface area contributed by atoms with Gasteiger partial charge in [0.25, 0.3) is 17.4 Å². The highest BCUT2D eigenvalue weighted by Gasteiger charge is 2.47. The summed E-state index contributed by atoms with van der Waals surface area (Å²) in [6.45, 7) is 4.59. The van der Waals surface area contributed by atoms with Crippen LogP contribution in [0.5, 0.6) is 11.5 Å². The zero-order valence-electron chi connectivity index (χ0n) is 19.7. The molecule has 1 amide bonds. The highest BCUT2D eigenvalue weighted by Crippen LogP contribution is 2.43. The monoisotopic (exact) mass is 488 g/mol. The third-order valence-corrected chi connectivity index (χ3v) is 5.71. The van der Waals surface area contributed by atoms with Gasteiger partial charge in [-0.3, -0.25) is 24.6 Å². The summed E-state index contributed by atoms with van der Waals surface area (Å²) in [4.78, 5) is 38.3. The summed E-state index contributed by atoms with van der Waals surface area (Å²) in [5, 5.41) is 22.2. The molecule has 1 atom stereocenters. The number of anilines is 1. The average molecular weight is 488 g/mol. The van der Waals surface area contributed by atoms with Crippen LogP contribution in [0.4, 0.5) is 11.4 Å². The topological polar surface area (TPSA) is 119 Å². The van der Waals surface area contributed by atoms with Gasteiger partial charge in [-0.05, 0) is 55.8 Å². The van der Waals surface area contributed by atoms with E-state index in [1.165, 1.54) is 29.2 Å². The lowest BCUT2D eigenvalue weighted by atomic mass is 9.95. The first kappa shape index (κ1) is 24.5. The van der Waals surface area contributed by atoms with Crippen LogP contribution in [0.15, 0.2) is 78.4 Å². The summed E-state index contributed by atoms with van der Waals surface area (Å²) in [7, 11) is 0. The summed E-state index contributed by atoms with van der Waals surface area (Å²) in [6, 6.07) is 17.9. The number of carbonyl (C=O) groups is 2. The lowest BCUT2D eigenvalue weighted by Gasteiger charge is -2.26. The minimum atomic E-state index is -0.951. The van der Waals surface area contributed by atoms with Crippen LogP contribution in [0, 0.1) is 10.1 Å². The van der Waals surface area contributed by atoms with Crippen LogP contribution in [-0.4, -0.2) is 34.9 Å². The van der Waals surface area contributed by atoms with E-state index < -0.39 is 28.4 Å². The molecule has 9 nitrogen and oxygen atoms in total. The first-order valence-corrected chi connectivity index (χ1v) is 11.4. The molecule has 0 spiro atoms. The van der Waals surface area contributed by atoms with Crippen LogP contribution in [0.2, 0.25) is 0 Å². The Labute approximate surface area is 207 Å². The lowest BCUT2D eigenvalue weighted by molar-refractivity contribution is -0.384. The minimum absolute atomic E-state index is 0.125. The van der Waals surface area contributed by atoms with Crippen LogP contribution < -0.4 is 14.4 Å². The largest absolute Gasteiger partial charge is 0.507 e. The zero-order valence-corrected chi connectivity index (χ0v) is 19.7. The van der Waals surface area contributed by atoms with E-state index in [-0.39, 0.29) is 16.8 Å². The number of amides is 1. The Morgan fingerprint density at radius 3 is 2.19 bits per heavy atom. The molecule has 1 aliphatic rings. The highest BCUT2D eigenvalue weighted by molar-refractivity contribution is 6.51. The molecule has 1 heterocycles. The van der Waals surface area contributed by atoms with Gasteiger partial charge in [-0.1, -0.05) is 18.2 Å².